The fourth-order valence-electron chi connectivity index (χ4n) is 2.04. The Hall–Kier alpha value is -2.81. The van der Waals surface area contributed by atoms with Gasteiger partial charge in [-0.05, 0) is 19.1 Å². The minimum atomic E-state index is -0.465. The van der Waals surface area contributed by atoms with E-state index in [1.165, 1.54) is 4.90 Å². The van der Waals surface area contributed by atoms with E-state index in [2.05, 4.69) is 5.32 Å². The molecule has 0 saturated carbocycles. The largest absolute Gasteiger partial charge is 0.465 e. The smallest absolute Gasteiger partial charge is 0.325 e. The summed E-state index contributed by atoms with van der Waals surface area (Å²) in [4.78, 5) is 25.2. The molecule has 0 aromatic heterocycles. The van der Waals surface area contributed by atoms with Crippen molar-refractivity contribution in [2.24, 2.45) is 0 Å². The normalized spacial score (nSPS) is 14.1. The first kappa shape index (κ1) is 14.6. The number of hydrogen-bond acceptors (Lipinski definition) is 5. The van der Waals surface area contributed by atoms with Crippen molar-refractivity contribution in [2.45, 2.75) is 6.92 Å². The van der Waals surface area contributed by atoms with E-state index in [0.717, 1.165) is 0 Å². The van der Waals surface area contributed by atoms with Crippen molar-refractivity contribution in [1.29, 1.82) is 5.26 Å². The van der Waals surface area contributed by atoms with Crippen molar-refractivity contribution < 1.29 is 14.3 Å². The lowest BCUT2D eigenvalue weighted by Crippen LogP contribution is -2.33. The molecule has 1 aliphatic rings. The standard InChI is InChI=1S/C15H15N3O3/c1-2-21-13(19)9-17-14-11(8-16)10-18(15(14)20)12-6-4-3-5-7-12/h3-7,17H,2,9-10H2,1H3. The first-order valence-electron chi connectivity index (χ1n) is 6.57. The predicted octanol–water partition coefficient (Wildman–Crippen LogP) is 0.964. The van der Waals surface area contributed by atoms with Crippen LogP contribution in [-0.4, -0.2) is 31.6 Å². The van der Waals surface area contributed by atoms with Gasteiger partial charge in [0.2, 0.25) is 0 Å². The van der Waals surface area contributed by atoms with Gasteiger partial charge in [0.1, 0.15) is 12.2 Å². The molecule has 1 aromatic rings. The van der Waals surface area contributed by atoms with Crippen molar-refractivity contribution >= 4 is 17.6 Å². The molecule has 2 rings (SSSR count). The molecule has 6 heteroatoms. The first-order valence-corrected chi connectivity index (χ1v) is 6.57. The number of nitrogens with one attached hydrogen (secondary N) is 1. The average Bonchev–Trinajstić information content (AvgIpc) is 2.82. The van der Waals surface area contributed by atoms with E-state index in [0.29, 0.717) is 11.3 Å². The molecule has 0 spiro atoms. The molecule has 0 atom stereocenters. The van der Waals surface area contributed by atoms with E-state index in [-0.39, 0.29) is 31.3 Å². The monoisotopic (exact) mass is 285 g/mol. The van der Waals surface area contributed by atoms with Crippen LogP contribution in [0.5, 0.6) is 0 Å². The highest BCUT2D eigenvalue weighted by Crippen LogP contribution is 2.23. The Morgan fingerprint density at radius 1 is 1.43 bits per heavy atom. The van der Waals surface area contributed by atoms with Gasteiger partial charge in [-0.3, -0.25) is 9.59 Å². The predicted molar refractivity (Wildman–Crippen MR) is 76.1 cm³/mol. The van der Waals surface area contributed by atoms with E-state index in [1.807, 2.05) is 24.3 Å². The van der Waals surface area contributed by atoms with Crippen LogP contribution in [0.1, 0.15) is 6.92 Å². The van der Waals surface area contributed by atoms with Gasteiger partial charge in [0.15, 0.2) is 0 Å². The molecule has 1 N–H and O–H groups in total. The van der Waals surface area contributed by atoms with Crippen molar-refractivity contribution in [3.63, 3.8) is 0 Å². The summed E-state index contributed by atoms with van der Waals surface area (Å²) in [5, 5.41) is 11.9. The Morgan fingerprint density at radius 2 is 2.14 bits per heavy atom. The third-order valence-electron chi connectivity index (χ3n) is 2.99. The molecule has 0 saturated heterocycles. The second kappa shape index (κ2) is 6.57. The Bertz CT molecular complexity index is 617. The lowest BCUT2D eigenvalue weighted by atomic mass is 10.2. The second-order valence-electron chi connectivity index (χ2n) is 4.35. The van der Waals surface area contributed by atoms with Crippen molar-refractivity contribution in [2.75, 3.05) is 24.6 Å². The number of para-hydroxylation sites is 1. The van der Waals surface area contributed by atoms with Gasteiger partial charge >= 0.3 is 5.97 Å². The van der Waals surface area contributed by atoms with E-state index in [9.17, 15) is 9.59 Å². The van der Waals surface area contributed by atoms with Crippen LogP contribution < -0.4 is 10.2 Å². The fourth-order valence-corrected chi connectivity index (χ4v) is 2.04. The van der Waals surface area contributed by atoms with Crippen LogP contribution >= 0.6 is 0 Å². The molecule has 0 bridgehead atoms. The van der Waals surface area contributed by atoms with Crippen LogP contribution in [0.2, 0.25) is 0 Å². The van der Waals surface area contributed by atoms with Crippen LogP contribution in [0.25, 0.3) is 0 Å². The number of benzene rings is 1. The third kappa shape index (κ3) is 3.20. The molecule has 1 heterocycles. The van der Waals surface area contributed by atoms with Gasteiger partial charge in [-0.15, -0.1) is 0 Å². The summed E-state index contributed by atoms with van der Waals surface area (Å²) in [6.07, 6.45) is 0. The molecular weight excluding hydrogens is 270 g/mol. The van der Waals surface area contributed by atoms with Crippen LogP contribution in [-0.2, 0) is 14.3 Å². The summed E-state index contributed by atoms with van der Waals surface area (Å²) in [6, 6.07) is 11.1. The second-order valence-corrected chi connectivity index (χ2v) is 4.35. The number of esters is 1. The van der Waals surface area contributed by atoms with Crippen LogP contribution in [0, 0.1) is 11.3 Å². The molecule has 0 unspecified atom stereocenters. The quantitative estimate of drug-likeness (QED) is 0.815. The molecular formula is C15H15N3O3. The number of nitrogens with zero attached hydrogens (tertiary/aromatic N) is 2. The fraction of sp³-hybridized carbons (Fsp3) is 0.267. The topological polar surface area (TPSA) is 82.4 Å². The highest BCUT2D eigenvalue weighted by Gasteiger charge is 2.31. The summed E-state index contributed by atoms with van der Waals surface area (Å²) in [5.74, 6) is -0.782. The van der Waals surface area contributed by atoms with Gasteiger partial charge in [-0.2, -0.15) is 5.26 Å². The van der Waals surface area contributed by atoms with E-state index < -0.39 is 5.97 Å². The summed E-state index contributed by atoms with van der Waals surface area (Å²) in [6.45, 7) is 2.04. The highest BCUT2D eigenvalue weighted by molar-refractivity contribution is 6.09. The Balaban J connectivity index is 2.11. The minimum absolute atomic E-state index is 0.136. The summed E-state index contributed by atoms with van der Waals surface area (Å²) in [5.41, 5.74) is 1.19. The first-order chi connectivity index (χ1) is 10.2. The molecule has 108 valence electrons. The van der Waals surface area contributed by atoms with Gasteiger partial charge in [0.05, 0.1) is 24.8 Å². The summed E-state index contributed by atoms with van der Waals surface area (Å²) in [7, 11) is 0. The number of amides is 1. The molecule has 1 aliphatic heterocycles. The number of ether oxygens (including phenoxy) is 1. The van der Waals surface area contributed by atoms with Gasteiger partial charge in [-0.25, -0.2) is 0 Å². The van der Waals surface area contributed by atoms with Gasteiger partial charge in [-0.1, -0.05) is 18.2 Å². The number of nitriles is 1. The maximum atomic E-state index is 12.3. The number of hydrogen-bond donors (Lipinski definition) is 1. The Morgan fingerprint density at radius 3 is 2.76 bits per heavy atom. The average molecular weight is 285 g/mol. The van der Waals surface area contributed by atoms with Crippen molar-refractivity contribution in [1.82, 2.24) is 5.32 Å². The van der Waals surface area contributed by atoms with E-state index in [4.69, 9.17) is 10.00 Å². The molecule has 21 heavy (non-hydrogen) atoms. The Kier molecular flexibility index (Phi) is 4.57. The SMILES string of the molecule is CCOC(=O)CNC1=C(C#N)CN(c2ccccc2)C1=O. The molecule has 0 radical (unpaired) electrons. The number of rotatable bonds is 5. The molecule has 1 amide bonds. The van der Waals surface area contributed by atoms with E-state index in [1.54, 1.807) is 19.1 Å². The van der Waals surface area contributed by atoms with Crippen LogP contribution in [0.4, 0.5) is 5.69 Å². The zero-order chi connectivity index (χ0) is 15.2. The lowest BCUT2D eigenvalue weighted by molar-refractivity contribution is -0.141. The Labute approximate surface area is 122 Å². The number of carbonyl (C=O) groups is 2. The van der Waals surface area contributed by atoms with Gasteiger partial charge < -0.3 is 15.0 Å². The van der Waals surface area contributed by atoms with Crippen LogP contribution in [0.15, 0.2) is 41.6 Å². The molecule has 6 nitrogen and oxygen atoms in total. The zero-order valence-corrected chi connectivity index (χ0v) is 11.6. The molecule has 1 aromatic carbocycles. The maximum absolute atomic E-state index is 12.3. The van der Waals surface area contributed by atoms with Crippen molar-refractivity contribution in [3.8, 4) is 6.07 Å². The summed E-state index contributed by atoms with van der Waals surface area (Å²) >= 11 is 0. The van der Waals surface area contributed by atoms with Crippen molar-refractivity contribution in [3.05, 3.63) is 41.6 Å². The number of anilines is 1. The van der Waals surface area contributed by atoms with Gasteiger partial charge in [0, 0.05) is 5.69 Å². The zero-order valence-electron chi connectivity index (χ0n) is 11.6. The van der Waals surface area contributed by atoms with E-state index >= 15 is 0 Å². The van der Waals surface area contributed by atoms with Crippen LogP contribution in [0.3, 0.4) is 0 Å². The highest BCUT2D eigenvalue weighted by atomic mass is 16.5. The molecule has 0 aliphatic carbocycles. The summed E-state index contributed by atoms with van der Waals surface area (Å²) < 4.78 is 4.79. The van der Waals surface area contributed by atoms with Gasteiger partial charge in [0.25, 0.3) is 5.91 Å². The lowest BCUT2D eigenvalue weighted by Gasteiger charge is -2.16. The third-order valence-corrected chi connectivity index (χ3v) is 2.99. The minimum Gasteiger partial charge on any atom is -0.465 e. The molecule has 0 fully saturated rings. The maximum Gasteiger partial charge on any atom is 0.325 e. The number of carbonyl (C=O) groups excluding carboxylic acids is 2.